The van der Waals surface area contributed by atoms with Gasteiger partial charge >= 0.3 is 11.4 Å². The van der Waals surface area contributed by atoms with Crippen molar-refractivity contribution in [2.45, 2.75) is 17.6 Å². The number of fused-ring (bicyclic) bond motifs is 1. The molecule has 0 saturated carbocycles. The molecule has 0 aliphatic carbocycles. The summed E-state index contributed by atoms with van der Waals surface area (Å²) in [5.41, 5.74) is -1.97. The summed E-state index contributed by atoms with van der Waals surface area (Å²) in [7, 11) is -4.76. The van der Waals surface area contributed by atoms with Crippen LogP contribution in [0.4, 0.5) is 14.5 Å². The zero-order chi connectivity index (χ0) is 13.5. The van der Waals surface area contributed by atoms with Gasteiger partial charge in [0.2, 0.25) is 21.0 Å². The first-order valence-electron chi connectivity index (χ1n) is 4.78. The summed E-state index contributed by atoms with van der Waals surface area (Å²) in [4.78, 5) is 9.93. The Morgan fingerprint density at radius 1 is 1.44 bits per heavy atom. The zero-order valence-electron chi connectivity index (χ0n) is 8.75. The van der Waals surface area contributed by atoms with Crippen LogP contribution in [-0.4, -0.2) is 24.5 Å². The van der Waals surface area contributed by atoms with Gasteiger partial charge in [0.25, 0.3) is 0 Å². The second kappa shape index (κ2) is 4.16. The molecular weight excluding hydrogens is 272 g/mol. The third-order valence-corrected chi connectivity index (χ3v) is 4.02. The molecule has 18 heavy (non-hydrogen) atoms. The molecule has 1 aliphatic rings. The van der Waals surface area contributed by atoms with Crippen molar-refractivity contribution < 1.29 is 26.9 Å². The highest BCUT2D eigenvalue weighted by atomic mass is 32.2. The van der Waals surface area contributed by atoms with E-state index in [0.29, 0.717) is 0 Å². The van der Waals surface area contributed by atoms with Crippen LogP contribution in [0.15, 0.2) is 18.2 Å². The number of halogens is 2. The number of nitro benzene ring substituents is 1. The summed E-state index contributed by atoms with van der Waals surface area (Å²) in [6.07, 6.45) is -0.316. The predicted octanol–water partition coefficient (Wildman–Crippen LogP) is 1.49. The van der Waals surface area contributed by atoms with Crippen LogP contribution < -0.4 is 4.74 Å². The molecule has 2 rings (SSSR count). The Hall–Kier alpha value is -1.77. The normalized spacial score (nSPS) is 18.5. The fraction of sp³-hybridized carbons (Fsp3) is 0.333. The lowest BCUT2D eigenvalue weighted by molar-refractivity contribution is -0.385. The van der Waals surface area contributed by atoms with E-state index in [4.69, 9.17) is 4.74 Å². The van der Waals surface area contributed by atoms with E-state index in [1.165, 1.54) is 12.1 Å². The molecule has 9 heteroatoms. The monoisotopic (exact) mass is 279 g/mol. The van der Waals surface area contributed by atoms with Crippen LogP contribution in [0.5, 0.6) is 5.75 Å². The van der Waals surface area contributed by atoms with E-state index in [1.54, 1.807) is 0 Å². The van der Waals surface area contributed by atoms with Crippen molar-refractivity contribution in [2.24, 2.45) is 0 Å². The highest BCUT2D eigenvalue weighted by Gasteiger charge is 2.42. The van der Waals surface area contributed by atoms with Crippen LogP contribution in [0.25, 0.3) is 0 Å². The lowest BCUT2D eigenvalue weighted by Crippen LogP contribution is -2.30. The van der Waals surface area contributed by atoms with Gasteiger partial charge in [-0.2, -0.15) is 8.78 Å². The molecule has 0 bridgehead atoms. The van der Waals surface area contributed by atoms with Gasteiger partial charge < -0.3 is 4.74 Å². The Balaban J connectivity index is 2.40. The molecule has 1 unspecified atom stereocenters. The van der Waals surface area contributed by atoms with Gasteiger partial charge in [-0.1, -0.05) is 12.1 Å². The standard InChI is InChI=1S/C9H7F2NO5S/c10-9(11)18(15,16)7-4-5-2-1-3-6(12(13)14)8(5)17-7/h1-3,7,9H,4H2. The van der Waals surface area contributed by atoms with E-state index >= 15 is 0 Å². The summed E-state index contributed by atoms with van der Waals surface area (Å²) in [5, 5.41) is 10.7. The van der Waals surface area contributed by atoms with Crippen LogP contribution in [0, 0.1) is 10.1 Å². The molecule has 1 aliphatic heterocycles. The third-order valence-electron chi connectivity index (χ3n) is 2.52. The maximum Gasteiger partial charge on any atom is 0.340 e. The van der Waals surface area contributed by atoms with Crippen molar-refractivity contribution in [1.29, 1.82) is 0 Å². The number of alkyl halides is 2. The second-order valence-electron chi connectivity index (χ2n) is 3.62. The molecule has 6 nitrogen and oxygen atoms in total. The Morgan fingerprint density at radius 2 is 2.11 bits per heavy atom. The molecule has 98 valence electrons. The summed E-state index contributed by atoms with van der Waals surface area (Å²) < 4.78 is 52.0. The van der Waals surface area contributed by atoms with E-state index in [1.807, 2.05) is 0 Å². The van der Waals surface area contributed by atoms with Gasteiger partial charge in [-0.3, -0.25) is 10.1 Å². The minimum Gasteiger partial charge on any atom is -0.466 e. The minimum atomic E-state index is -4.76. The Morgan fingerprint density at radius 3 is 2.67 bits per heavy atom. The highest BCUT2D eigenvalue weighted by Crippen LogP contribution is 2.39. The smallest absolute Gasteiger partial charge is 0.340 e. The van der Waals surface area contributed by atoms with Gasteiger partial charge in [-0.15, -0.1) is 0 Å². The van der Waals surface area contributed by atoms with E-state index in [-0.39, 0.29) is 17.7 Å². The number of hydrogen-bond donors (Lipinski definition) is 0. The molecule has 0 aromatic heterocycles. The molecule has 1 atom stereocenters. The molecule has 0 spiro atoms. The van der Waals surface area contributed by atoms with Gasteiger partial charge in [0.05, 0.1) is 4.92 Å². The number of hydrogen-bond acceptors (Lipinski definition) is 5. The number of nitrogens with zero attached hydrogens (tertiary/aromatic N) is 1. The topological polar surface area (TPSA) is 86.5 Å². The Kier molecular flexibility index (Phi) is 2.93. The first-order valence-corrected chi connectivity index (χ1v) is 6.39. The van der Waals surface area contributed by atoms with E-state index in [0.717, 1.165) is 6.07 Å². The predicted molar refractivity (Wildman–Crippen MR) is 56.1 cm³/mol. The Labute approximate surface area is 100 Å². The fourth-order valence-corrected chi connectivity index (χ4v) is 2.53. The van der Waals surface area contributed by atoms with Crippen molar-refractivity contribution >= 4 is 15.5 Å². The average Bonchev–Trinajstić information content (AvgIpc) is 2.72. The molecule has 0 radical (unpaired) electrons. The summed E-state index contributed by atoms with van der Waals surface area (Å²) in [6.45, 7) is 0. The van der Waals surface area contributed by atoms with Gasteiger partial charge in [0, 0.05) is 18.1 Å². The number of sulfone groups is 1. The van der Waals surface area contributed by atoms with Crippen LogP contribution in [0.3, 0.4) is 0 Å². The van der Waals surface area contributed by atoms with Gasteiger partial charge in [-0.25, -0.2) is 8.42 Å². The van der Waals surface area contributed by atoms with Crippen molar-refractivity contribution in [3.63, 3.8) is 0 Å². The van der Waals surface area contributed by atoms with Gasteiger partial charge in [-0.05, 0) is 0 Å². The molecule has 0 N–H and O–H groups in total. The quantitative estimate of drug-likeness (QED) is 0.618. The summed E-state index contributed by atoms with van der Waals surface area (Å²) in [5.74, 6) is -3.83. The molecule has 1 aromatic carbocycles. The largest absolute Gasteiger partial charge is 0.466 e. The number of para-hydroxylation sites is 1. The second-order valence-corrected chi connectivity index (χ2v) is 5.68. The lowest BCUT2D eigenvalue weighted by atomic mass is 10.1. The number of rotatable bonds is 3. The zero-order valence-corrected chi connectivity index (χ0v) is 9.56. The van der Waals surface area contributed by atoms with E-state index < -0.39 is 31.6 Å². The van der Waals surface area contributed by atoms with Crippen LogP contribution in [-0.2, 0) is 16.3 Å². The van der Waals surface area contributed by atoms with Crippen molar-refractivity contribution in [2.75, 3.05) is 0 Å². The molecule has 1 heterocycles. The molecule has 1 aromatic rings. The first-order chi connectivity index (χ1) is 8.34. The van der Waals surface area contributed by atoms with Crippen molar-refractivity contribution in [3.8, 4) is 5.75 Å². The molecular formula is C9H7F2NO5S. The van der Waals surface area contributed by atoms with Crippen molar-refractivity contribution in [3.05, 3.63) is 33.9 Å². The highest BCUT2D eigenvalue weighted by molar-refractivity contribution is 7.92. The van der Waals surface area contributed by atoms with Crippen LogP contribution >= 0.6 is 0 Å². The maximum atomic E-state index is 12.3. The SMILES string of the molecule is O=[N+]([O-])c1cccc2c1OC(S(=O)(=O)C(F)F)C2. The minimum absolute atomic E-state index is 0.235. The first kappa shape index (κ1) is 12.7. The van der Waals surface area contributed by atoms with Gasteiger partial charge in [0.15, 0.2) is 0 Å². The third kappa shape index (κ3) is 1.90. The number of ether oxygens (including phenoxy) is 1. The van der Waals surface area contributed by atoms with Crippen LogP contribution in [0.1, 0.15) is 5.56 Å². The molecule has 0 amide bonds. The van der Waals surface area contributed by atoms with E-state index in [2.05, 4.69) is 0 Å². The maximum absolute atomic E-state index is 12.3. The summed E-state index contributed by atoms with van der Waals surface area (Å²) >= 11 is 0. The van der Waals surface area contributed by atoms with E-state index in [9.17, 15) is 27.3 Å². The fourth-order valence-electron chi connectivity index (χ4n) is 1.66. The lowest BCUT2D eigenvalue weighted by Gasteiger charge is -2.10. The van der Waals surface area contributed by atoms with Gasteiger partial charge in [0.1, 0.15) is 0 Å². The number of nitro groups is 1. The molecule has 0 saturated heterocycles. The summed E-state index contributed by atoms with van der Waals surface area (Å²) in [6, 6.07) is 3.87. The number of benzene rings is 1. The van der Waals surface area contributed by atoms with Crippen molar-refractivity contribution in [1.82, 2.24) is 0 Å². The molecule has 0 fully saturated rings. The van der Waals surface area contributed by atoms with Crippen LogP contribution in [0.2, 0.25) is 0 Å². The Bertz CT molecular complexity index is 601. The average molecular weight is 279 g/mol.